The number of halogens is 6. The summed E-state index contributed by atoms with van der Waals surface area (Å²) in [4.78, 5) is 48.2. The first kappa shape index (κ1) is 30.9. The van der Waals surface area contributed by atoms with Crippen LogP contribution in [0.2, 0.25) is 0 Å². The normalized spacial score (nSPS) is 20.0. The molecular weight excluding hydrogens is 596 g/mol. The van der Waals surface area contributed by atoms with E-state index < -0.39 is 73.2 Å². The molecule has 1 saturated heterocycles. The summed E-state index contributed by atoms with van der Waals surface area (Å²) in [6.07, 6.45) is -4.48. The molecule has 9 nitrogen and oxygen atoms in total. The number of imide groups is 1. The Balaban J connectivity index is 1.89. The van der Waals surface area contributed by atoms with E-state index in [-0.39, 0.29) is 12.0 Å². The van der Waals surface area contributed by atoms with Gasteiger partial charge in [0.2, 0.25) is 6.04 Å². The molecule has 0 bridgehead atoms. The molecule has 1 aliphatic heterocycles. The Morgan fingerprint density at radius 1 is 1.00 bits per heavy atom. The number of alkyl halides is 6. The molecule has 2 unspecified atom stereocenters. The smallest absolute Gasteiger partial charge is 0.267 e. The molecule has 0 N–H and O–H groups in total. The summed E-state index contributed by atoms with van der Waals surface area (Å²) in [5.74, 6) is -4.26. The molecule has 0 aliphatic carbocycles. The zero-order valence-electron chi connectivity index (χ0n) is 21.8. The fourth-order valence-electron chi connectivity index (χ4n) is 4.65. The van der Waals surface area contributed by atoms with Crippen LogP contribution in [-0.4, -0.2) is 53.7 Å². The average molecular weight is 619 g/mol. The summed E-state index contributed by atoms with van der Waals surface area (Å²) in [5.41, 5.74) is -5.48. The van der Waals surface area contributed by atoms with Gasteiger partial charge in [0.05, 0.1) is 16.1 Å². The number of hydrogen-bond donors (Lipinski definition) is 0. The SMILES string of the molecule is CC(C)CC1C(=O)N(c2ccc(S(=O)(=O)C(F)(F)F)cc2)C(=O)[N+]1(Cc1ccnc2ccccc12)OC(=O)C(F)(F)F. The first-order valence-electron chi connectivity index (χ1n) is 12.2. The molecule has 0 saturated carbocycles. The second-order valence-corrected chi connectivity index (χ2v) is 11.8. The van der Waals surface area contributed by atoms with Gasteiger partial charge in [-0.15, -0.1) is 0 Å². The Bertz CT molecular complexity index is 1650. The van der Waals surface area contributed by atoms with Gasteiger partial charge in [-0.2, -0.15) is 31.2 Å². The number of para-hydroxylation sites is 1. The highest BCUT2D eigenvalue weighted by atomic mass is 32.2. The largest absolute Gasteiger partial charge is 0.501 e. The van der Waals surface area contributed by atoms with Crippen LogP contribution in [-0.2, 0) is 30.8 Å². The molecule has 1 fully saturated rings. The Labute approximate surface area is 234 Å². The molecule has 2 aromatic carbocycles. The number of nitrogens with zero attached hydrogens (tertiary/aromatic N) is 3. The van der Waals surface area contributed by atoms with E-state index in [1.165, 1.54) is 12.3 Å². The number of carbonyl (C=O) groups is 3. The molecular formula is C26H22F6N3O6S+. The molecule has 2 heterocycles. The molecule has 16 heteroatoms. The highest BCUT2D eigenvalue weighted by Crippen LogP contribution is 2.40. The van der Waals surface area contributed by atoms with Crippen molar-refractivity contribution < 1.29 is 58.6 Å². The van der Waals surface area contributed by atoms with Crippen LogP contribution in [0.1, 0.15) is 25.8 Å². The fourth-order valence-corrected chi connectivity index (χ4v) is 5.41. The van der Waals surface area contributed by atoms with Gasteiger partial charge in [-0.1, -0.05) is 32.0 Å². The number of anilines is 1. The second-order valence-electron chi connectivity index (χ2n) is 9.86. The summed E-state index contributed by atoms with van der Waals surface area (Å²) >= 11 is 0. The molecule has 224 valence electrons. The predicted octanol–water partition coefficient (Wildman–Crippen LogP) is 5.45. The van der Waals surface area contributed by atoms with E-state index in [1.54, 1.807) is 38.1 Å². The Morgan fingerprint density at radius 2 is 1.62 bits per heavy atom. The predicted molar refractivity (Wildman–Crippen MR) is 134 cm³/mol. The topological polar surface area (TPSA) is 111 Å². The van der Waals surface area contributed by atoms with Crippen LogP contribution >= 0.6 is 0 Å². The van der Waals surface area contributed by atoms with Gasteiger partial charge in [-0.3, -0.25) is 14.6 Å². The third kappa shape index (κ3) is 5.43. The number of hydroxylamine groups is 3. The monoisotopic (exact) mass is 618 g/mol. The Morgan fingerprint density at radius 3 is 2.19 bits per heavy atom. The van der Waals surface area contributed by atoms with E-state index in [4.69, 9.17) is 4.84 Å². The third-order valence-corrected chi connectivity index (χ3v) is 8.05. The zero-order chi connectivity index (χ0) is 31.3. The number of pyridine rings is 1. The maximum atomic E-state index is 14.0. The minimum absolute atomic E-state index is 0.207. The first-order chi connectivity index (χ1) is 19.4. The molecule has 42 heavy (non-hydrogen) atoms. The van der Waals surface area contributed by atoms with Crippen LogP contribution in [0.5, 0.6) is 0 Å². The van der Waals surface area contributed by atoms with Crippen molar-refractivity contribution in [3.8, 4) is 0 Å². The summed E-state index contributed by atoms with van der Waals surface area (Å²) < 4.78 is 101. The second kappa shape index (κ2) is 10.7. The minimum atomic E-state index is -5.78. The van der Waals surface area contributed by atoms with Crippen LogP contribution in [0.3, 0.4) is 0 Å². The van der Waals surface area contributed by atoms with Crippen molar-refractivity contribution in [1.82, 2.24) is 4.98 Å². The van der Waals surface area contributed by atoms with E-state index in [0.29, 0.717) is 27.9 Å². The highest BCUT2D eigenvalue weighted by Gasteiger charge is 2.67. The number of rotatable bonds is 7. The van der Waals surface area contributed by atoms with Crippen LogP contribution in [0.4, 0.5) is 36.8 Å². The summed E-state index contributed by atoms with van der Waals surface area (Å²) in [5, 5.41) is 0.393. The summed E-state index contributed by atoms with van der Waals surface area (Å²) in [6.45, 7) is 2.49. The number of sulfone groups is 1. The number of carbonyl (C=O) groups excluding carboxylic acids is 3. The van der Waals surface area contributed by atoms with Crippen LogP contribution < -0.4 is 4.90 Å². The number of hydrogen-bond acceptors (Lipinski definition) is 7. The first-order valence-corrected chi connectivity index (χ1v) is 13.7. The molecule has 1 aromatic heterocycles. The van der Waals surface area contributed by atoms with Crippen molar-refractivity contribution in [3.05, 3.63) is 66.4 Å². The van der Waals surface area contributed by atoms with E-state index in [0.717, 1.165) is 12.1 Å². The van der Waals surface area contributed by atoms with Crippen molar-refractivity contribution in [1.29, 1.82) is 0 Å². The van der Waals surface area contributed by atoms with Crippen molar-refractivity contribution >= 4 is 44.3 Å². The third-order valence-electron chi connectivity index (χ3n) is 6.55. The molecule has 0 spiro atoms. The van der Waals surface area contributed by atoms with Gasteiger partial charge < -0.3 is 0 Å². The van der Waals surface area contributed by atoms with Crippen molar-refractivity contribution in [2.45, 2.75) is 49.4 Å². The van der Waals surface area contributed by atoms with E-state index >= 15 is 0 Å². The van der Waals surface area contributed by atoms with Crippen molar-refractivity contribution in [2.75, 3.05) is 4.90 Å². The maximum absolute atomic E-state index is 14.0. The lowest BCUT2D eigenvalue weighted by molar-refractivity contribution is -1.04. The van der Waals surface area contributed by atoms with E-state index in [9.17, 15) is 49.1 Å². The average Bonchev–Trinajstić information content (AvgIpc) is 3.08. The standard InChI is InChI=1S/C26H22F6N3O6S/c1-15(2)13-21-22(36)34(17-7-9-18(10-8-17)42(39,40)26(30,31)32)24(38)35(21,41-23(37)25(27,28)29)14-16-11-12-33-20-6-4-3-5-19(16)20/h3-12,15,21H,13-14H2,1-2H3/q+1. The van der Waals surface area contributed by atoms with Crippen molar-refractivity contribution in [2.24, 2.45) is 5.92 Å². The number of aromatic nitrogens is 1. The van der Waals surface area contributed by atoms with Gasteiger partial charge in [-0.25, -0.2) is 18.0 Å². The van der Waals surface area contributed by atoms with Gasteiger partial charge in [0.1, 0.15) is 0 Å². The lowest BCUT2D eigenvalue weighted by Crippen LogP contribution is -2.58. The number of benzene rings is 2. The zero-order valence-corrected chi connectivity index (χ0v) is 22.6. The summed E-state index contributed by atoms with van der Waals surface area (Å²) in [6, 6.07) is 7.12. The number of urea groups is 1. The lowest BCUT2D eigenvalue weighted by atomic mass is 10.0. The summed E-state index contributed by atoms with van der Waals surface area (Å²) in [7, 11) is -5.78. The molecule has 0 radical (unpaired) electrons. The number of fused-ring (bicyclic) bond motifs is 1. The molecule has 3 amide bonds. The van der Waals surface area contributed by atoms with Gasteiger partial charge in [0.25, 0.3) is 9.84 Å². The van der Waals surface area contributed by atoms with Gasteiger partial charge in [0, 0.05) is 23.6 Å². The maximum Gasteiger partial charge on any atom is 0.501 e. The molecule has 1 aliphatic rings. The quantitative estimate of drug-likeness (QED) is 0.197. The fraction of sp³-hybridized carbons (Fsp3) is 0.308. The Hall–Kier alpha value is -4.05. The van der Waals surface area contributed by atoms with Crippen molar-refractivity contribution in [3.63, 3.8) is 0 Å². The molecule has 2 atom stereocenters. The minimum Gasteiger partial charge on any atom is -0.267 e. The van der Waals surface area contributed by atoms with Gasteiger partial charge in [-0.05, 0) is 47.0 Å². The van der Waals surface area contributed by atoms with E-state index in [2.05, 4.69) is 4.98 Å². The van der Waals surface area contributed by atoms with Crippen LogP contribution in [0.15, 0.2) is 65.7 Å². The molecule has 3 aromatic rings. The van der Waals surface area contributed by atoms with E-state index in [1.807, 2.05) is 0 Å². The lowest BCUT2D eigenvalue weighted by Gasteiger charge is -2.32. The number of amides is 3. The van der Waals surface area contributed by atoms with Crippen LogP contribution in [0, 0.1) is 5.92 Å². The Kier molecular flexibility index (Phi) is 7.84. The molecule has 4 rings (SSSR count). The van der Waals surface area contributed by atoms with Gasteiger partial charge >= 0.3 is 29.6 Å². The number of quaternary nitrogens is 1. The van der Waals surface area contributed by atoms with Crippen LogP contribution in [0.25, 0.3) is 10.9 Å². The van der Waals surface area contributed by atoms with Gasteiger partial charge in [0.15, 0.2) is 6.54 Å². The highest BCUT2D eigenvalue weighted by molar-refractivity contribution is 7.92.